The molecule has 1 saturated heterocycles. The van der Waals surface area contributed by atoms with Gasteiger partial charge in [-0.2, -0.15) is 13.2 Å². The van der Waals surface area contributed by atoms with Crippen LogP contribution in [0.4, 0.5) is 18.9 Å². The van der Waals surface area contributed by atoms with Gasteiger partial charge in [-0.1, -0.05) is 0 Å². The van der Waals surface area contributed by atoms with E-state index < -0.39 is 11.7 Å². The van der Waals surface area contributed by atoms with Crippen molar-refractivity contribution in [2.45, 2.75) is 25.4 Å². The molecule has 5 nitrogen and oxygen atoms in total. The first-order valence-corrected chi connectivity index (χ1v) is 9.22. The second-order valence-corrected chi connectivity index (χ2v) is 6.96. The first-order valence-electron chi connectivity index (χ1n) is 9.22. The number of aromatic nitrogens is 1. The third kappa shape index (κ3) is 5.15. The molecule has 0 spiro atoms. The zero-order valence-electron chi connectivity index (χ0n) is 15.3. The molecule has 2 aromatic rings. The van der Waals surface area contributed by atoms with Crippen molar-refractivity contribution >= 4 is 11.6 Å². The van der Waals surface area contributed by atoms with Crippen LogP contribution < -0.4 is 15.8 Å². The molecule has 0 saturated carbocycles. The minimum atomic E-state index is -4.31. The summed E-state index contributed by atoms with van der Waals surface area (Å²) in [5, 5.41) is 2.85. The van der Waals surface area contributed by atoms with Crippen molar-refractivity contribution < 1.29 is 18.0 Å². The molecule has 1 aromatic carbocycles. The standard InChI is InChI=1S/C20H22F3N3O2/c21-20(22,23)16-2-4-17(5-3-16)26-11-8-14(9-12-26)7-10-24-19(28)15-1-6-18(27)25-13-15/h1-6,13-14H,7-12H2,(H,24,28)(H,25,27). The number of piperidine rings is 1. The Bertz CT molecular complexity index is 834. The van der Waals surface area contributed by atoms with Crippen LogP contribution in [-0.4, -0.2) is 30.5 Å². The van der Waals surface area contributed by atoms with E-state index >= 15 is 0 Å². The number of hydrogen-bond donors (Lipinski definition) is 2. The van der Waals surface area contributed by atoms with Gasteiger partial charge in [-0.3, -0.25) is 9.59 Å². The maximum atomic E-state index is 12.7. The Balaban J connectivity index is 1.42. The number of H-pyrrole nitrogens is 1. The summed E-state index contributed by atoms with van der Waals surface area (Å²) < 4.78 is 38.0. The molecule has 150 valence electrons. The molecule has 0 unspecified atom stereocenters. The fraction of sp³-hybridized carbons (Fsp3) is 0.400. The summed E-state index contributed by atoms with van der Waals surface area (Å²) in [6.45, 7) is 2.11. The number of hydrogen-bond acceptors (Lipinski definition) is 3. The van der Waals surface area contributed by atoms with Crippen LogP contribution in [-0.2, 0) is 6.18 Å². The third-order valence-electron chi connectivity index (χ3n) is 5.06. The van der Waals surface area contributed by atoms with Crippen LogP contribution in [0.3, 0.4) is 0 Å². The topological polar surface area (TPSA) is 65.2 Å². The number of carbonyl (C=O) groups excluding carboxylic acids is 1. The zero-order chi connectivity index (χ0) is 20.1. The van der Waals surface area contributed by atoms with Gasteiger partial charge >= 0.3 is 6.18 Å². The summed E-state index contributed by atoms with van der Waals surface area (Å²) in [6.07, 6.45) is -0.230. The molecule has 1 amide bonds. The van der Waals surface area contributed by atoms with E-state index in [0.717, 1.165) is 50.2 Å². The van der Waals surface area contributed by atoms with Crippen LogP contribution in [0, 0.1) is 5.92 Å². The van der Waals surface area contributed by atoms with Gasteiger partial charge in [0.25, 0.3) is 5.91 Å². The van der Waals surface area contributed by atoms with E-state index in [1.54, 1.807) is 0 Å². The first kappa shape index (κ1) is 20.0. The highest BCUT2D eigenvalue weighted by molar-refractivity contribution is 5.93. The SMILES string of the molecule is O=C(NCCC1CCN(c2ccc(C(F)(F)F)cc2)CC1)c1ccc(=O)[nH]c1. The number of halogens is 3. The molecule has 1 aromatic heterocycles. The Morgan fingerprint density at radius 2 is 1.79 bits per heavy atom. The van der Waals surface area contributed by atoms with Gasteiger partial charge in [0.2, 0.25) is 5.56 Å². The minimum absolute atomic E-state index is 0.224. The zero-order valence-corrected chi connectivity index (χ0v) is 15.3. The van der Waals surface area contributed by atoms with Gasteiger partial charge in [-0.05, 0) is 55.5 Å². The Morgan fingerprint density at radius 1 is 1.11 bits per heavy atom. The van der Waals surface area contributed by atoms with E-state index in [1.165, 1.54) is 30.5 Å². The average Bonchev–Trinajstić information content (AvgIpc) is 2.68. The van der Waals surface area contributed by atoms with Crippen LogP contribution in [0.5, 0.6) is 0 Å². The normalized spacial score (nSPS) is 15.5. The van der Waals surface area contributed by atoms with Crippen molar-refractivity contribution in [2.75, 3.05) is 24.5 Å². The summed E-state index contributed by atoms with van der Waals surface area (Å²) in [7, 11) is 0. The van der Waals surface area contributed by atoms with E-state index in [2.05, 4.69) is 15.2 Å². The van der Waals surface area contributed by atoms with Gasteiger partial charge in [0, 0.05) is 37.6 Å². The molecule has 3 rings (SSSR count). The number of benzene rings is 1. The molecule has 2 heterocycles. The van der Waals surface area contributed by atoms with Crippen LogP contribution in [0.1, 0.15) is 35.2 Å². The number of amides is 1. The van der Waals surface area contributed by atoms with Gasteiger partial charge < -0.3 is 15.2 Å². The maximum Gasteiger partial charge on any atom is 0.416 e. The Kier molecular flexibility index (Phi) is 6.06. The predicted octanol–water partition coefficient (Wildman–Crippen LogP) is 3.43. The highest BCUT2D eigenvalue weighted by atomic mass is 19.4. The molecular weight excluding hydrogens is 371 g/mol. The maximum absolute atomic E-state index is 12.7. The van der Waals surface area contributed by atoms with Gasteiger partial charge in [0.15, 0.2) is 0 Å². The number of anilines is 1. The highest BCUT2D eigenvalue weighted by Crippen LogP contribution is 2.31. The van der Waals surface area contributed by atoms with Gasteiger partial charge in [0.05, 0.1) is 11.1 Å². The number of nitrogens with zero attached hydrogens (tertiary/aromatic N) is 1. The molecule has 0 bridgehead atoms. The molecule has 1 fully saturated rings. The van der Waals surface area contributed by atoms with E-state index in [9.17, 15) is 22.8 Å². The summed E-state index contributed by atoms with van der Waals surface area (Å²) in [5.74, 6) is 0.236. The summed E-state index contributed by atoms with van der Waals surface area (Å²) in [5.41, 5.74) is 0.329. The van der Waals surface area contributed by atoms with Gasteiger partial charge in [0.1, 0.15) is 0 Å². The van der Waals surface area contributed by atoms with Crippen LogP contribution >= 0.6 is 0 Å². The second kappa shape index (κ2) is 8.50. The molecule has 1 aliphatic rings. The lowest BCUT2D eigenvalue weighted by Crippen LogP contribution is -2.35. The predicted molar refractivity (Wildman–Crippen MR) is 100 cm³/mol. The molecule has 8 heteroatoms. The molecule has 0 atom stereocenters. The summed E-state index contributed by atoms with van der Waals surface area (Å²) in [4.78, 5) is 27.6. The van der Waals surface area contributed by atoms with Crippen molar-refractivity contribution in [3.8, 4) is 0 Å². The summed E-state index contributed by atoms with van der Waals surface area (Å²) in [6, 6.07) is 8.07. The average molecular weight is 393 g/mol. The Hall–Kier alpha value is -2.77. The van der Waals surface area contributed by atoms with Crippen molar-refractivity contribution in [3.63, 3.8) is 0 Å². The lowest BCUT2D eigenvalue weighted by atomic mass is 9.93. The highest BCUT2D eigenvalue weighted by Gasteiger charge is 2.30. The lowest BCUT2D eigenvalue weighted by molar-refractivity contribution is -0.137. The van der Waals surface area contributed by atoms with Crippen LogP contribution in [0.2, 0.25) is 0 Å². The van der Waals surface area contributed by atoms with Gasteiger partial charge in [-0.15, -0.1) is 0 Å². The Labute approximate surface area is 160 Å². The smallest absolute Gasteiger partial charge is 0.372 e. The second-order valence-electron chi connectivity index (χ2n) is 6.96. The monoisotopic (exact) mass is 393 g/mol. The number of alkyl halides is 3. The molecule has 2 N–H and O–H groups in total. The molecule has 28 heavy (non-hydrogen) atoms. The van der Waals surface area contributed by atoms with Crippen molar-refractivity contribution in [1.82, 2.24) is 10.3 Å². The quantitative estimate of drug-likeness (QED) is 0.818. The number of carbonyl (C=O) groups is 1. The van der Waals surface area contributed by atoms with Crippen molar-refractivity contribution in [1.29, 1.82) is 0 Å². The number of nitrogens with one attached hydrogen (secondary N) is 2. The molecule has 1 aliphatic heterocycles. The molecule has 0 radical (unpaired) electrons. The van der Waals surface area contributed by atoms with Crippen molar-refractivity contribution in [2.24, 2.45) is 5.92 Å². The first-order chi connectivity index (χ1) is 13.3. The number of rotatable bonds is 5. The Morgan fingerprint density at radius 3 is 2.36 bits per heavy atom. The largest absolute Gasteiger partial charge is 0.416 e. The van der Waals surface area contributed by atoms with Crippen LogP contribution in [0.15, 0.2) is 47.4 Å². The van der Waals surface area contributed by atoms with Crippen LogP contribution in [0.25, 0.3) is 0 Å². The third-order valence-corrected chi connectivity index (χ3v) is 5.06. The summed E-state index contributed by atoms with van der Waals surface area (Å²) >= 11 is 0. The van der Waals surface area contributed by atoms with Crippen molar-refractivity contribution in [3.05, 3.63) is 64.1 Å². The lowest BCUT2D eigenvalue weighted by Gasteiger charge is -2.33. The van der Waals surface area contributed by atoms with E-state index in [1.807, 2.05) is 0 Å². The minimum Gasteiger partial charge on any atom is -0.372 e. The van der Waals surface area contributed by atoms with E-state index in [-0.39, 0.29) is 11.5 Å². The number of pyridine rings is 1. The fourth-order valence-corrected chi connectivity index (χ4v) is 3.38. The molecule has 0 aliphatic carbocycles. The van der Waals surface area contributed by atoms with E-state index in [0.29, 0.717) is 18.0 Å². The molecular formula is C20H22F3N3O2. The fourth-order valence-electron chi connectivity index (χ4n) is 3.38. The van der Waals surface area contributed by atoms with Gasteiger partial charge in [-0.25, -0.2) is 0 Å². The van der Waals surface area contributed by atoms with E-state index in [4.69, 9.17) is 0 Å². The number of aromatic amines is 1.